The van der Waals surface area contributed by atoms with Crippen molar-refractivity contribution in [1.29, 1.82) is 0 Å². The molecule has 0 aliphatic rings. The fraction of sp³-hybridized carbons (Fsp3) is 0.500. The molecule has 1 atom stereocenters. The molecular formula is C12H18BrNO. The average Bonchev–Trinajstić information content (AvgIpc) is 2.18. The van der Waals surface area contributed by atoms with Crippen LogP contribution < -0.4 is 10.1 Å². The van der Waals surface area contributed by atoms with Crippen molar-refractivity contribution in [2.75, 3.05) is 13.2 Å². The zero-order valence-corrected chi connectivity index (χ0v) is 11.1. The molecule has 0 bridgehead atoms. The molecule has 1 aromatic rings. The number of hydrogen-bond acceptors (Lipinski definition) is 2. The van der Waals surface area contributed by atoms with Gasteiger partial charge >= 0.3 is 0 Å². The number of nitrogens with one attached hydrogen (secondary N) is 1. The molecule has 1 rings (SSSR count). The van der Waals surface area contributed by atoms with E-state index in [9.17, 15) is 0 Å². The average molecular weight is 272 g/mol. The van der Waals surface area contributed by atoms with Gasteiger partial charge in [-0.05, 0) is 32.5 Å². The second-order valence-electron chi connectivity index (χ2n) is 3.39. The Bertz CT molecular complexity index is 314. The van der Waals surface area contributed by atoms with Gasteiger partial charge in [0.05, 0.1) is 6.61 Å². The van der Waals surface area contributed by atoms with Crippen molar-refractivity contribution in [3.8, 4) is 5.75 Å². The normalized spacial score (nSPS) is 12.5. The molecule has 3 heteroatoms. The summed E-state index contributed by atoms with van der Waals surface area (Å²) in [5.74, 6) is 0.959. The molecule has 84 valence electrons. The maximum Gasteiger partial charge on any atom is 0.125 e. The minimum atomic E-state index is 0.324. The van der Waals surface area contributed by atoms with Crippen molar-refractivity contribution < 1.29 is 4.74 Å². The lowest BCUT2D eigenvalue weighted by Crippen LogP contribution is -2.18. The maximum absolute atomic E-state index is 5.62. The summed E-state index contributed by atoms with van der Waals surface area (Å²) in [4.78, 5) is 0. The molecule has 0 heterocycles. The van der Waals surface area contributed by atoms with Gasteiger partial charge in [-0.2, -0.15) is 0 Å². The monoisotopic (exact) mass is 271 g/mol. The van der Waals surface area contributed by atoms with Crippen LogP contribution >= 0.6 is 15.9 Å². The molecule has 1 unspecified atom stereocenters. The third-order valence-corrected chi connectivity index (χ3v) is 2.75. The van der Waals surface area contributed by atoms with Gasteiger partial charge in [-0.3, -0.25) is 0 Å². The first-order chi connectivity index (χ1) is 7.19. The highest BCUT2D eigenvalue weighted by atomic mass is 79.9. The second kappa shape index (κ2) is 6.13. The molecule has 0 aliphatic carbocycles. The topological polar surface area (TPSA) is 21.3 Å². The van der Waals surface area contributed by atoms with E-state index in [2.05, 4.69) is 41.2 Å². The van der Waals surface area contributed by atoms with E-state index in [1.807, 2.05) is 19.1 Å². The van der Waals surface area contributed by atoms with Gasteiger partial charge < -0.3 is 10.1 Å². The maximum atomic E-state index is 5.62. The molecule has 0 spiro atoms. The summed E-state index contributed by atoms with van der Waals surface area (Å²) in [6.45, 7) is 7.92. The van der Waals surface area contributed by atoms with E-state index >= 15 is 0 Å². The molecular weight excluding hydrogens is 254 g/mol. The van der Waals surface area contributed by atoms with E-state index in [0.29, 0.717) is 12.6 Å². The van der Waals surface area contributed by atoms with Crippen LogP contribution in [0.15, 0.2) is 22.7 Å². The summed E-state index contributed by atoms with van der Waals surface area (Å²) in [6, 6.07) is 6.49. The van der Waals surface area contributed by atoms with Crippen LogP contribution in [0.3, 0.4) is 0 Å². The lowest BCUT2D eigenvalue weighted by Gasteiger charge is -2.17. The highest BCUT2D eigenvalue weighted by Crippen LogP contribution is 2.28. The molecule has 0 saturated heterocycles. The van der Waals surface area contributed by atoms with Crippen molar-refractivity contribution in [2.45, 2.75) is 26.8 Å². The lowest BCUT2D eigenvalue weighted by atomic mass is 10.1. The second-order valence-corrected chi connectivity index (χ2v) is 4.31. The summed E-state index contributed by atoms with van der Waals surface area (Å²) in [6.07, 6.45) is 0. The van der Waals surface area contributed by atoms with E-state index in [-0.39, 0.29) is 0 Å². The van der Waals surface area contributed by atoms with Crippen LogP contribution in [0, 0.1) is 0 Å². The van der Waals surface area contributed by atoms with E-state index in [1.165, 1.54) is 5.56 Å². The minimum Gasteiger partial charge on any atom is -0.493 e. The van der Waals surface area contributed by atoms with Crippen LogP contribution in [0.1, 0.15) is 32.4 Å². The van der Waals surface area contributed by atoms with Gasteiger partial charge in [-0.15, -0.1) is 0 Å². The van der Waals surface area contributed by atoms with Gasteiger partial charge in [-0.1, -0.05) is 28.9 Å². The van der Waals surface area contributed by atoms with Crippen LogP contribution in [0.25, 0.3) is 0 Å². The Kier molecular flexibility index (Phi) is 5.12. The molecule has 1 aromatic carbocycles. The Hall–Kier alpha value is -0.540. The smallest absolute Gasteiger partial charge is 0.125 e. The van der Waals surface area contributed by atoms with Gasteiger partial charge in [0.25, 0.3) is 0 Å². The van der Waals surface area contributed by atoms with Crippen LogP contribution in [0.4, 0.5) is 0 Å². The lowest BCUT2D eigenvalue weighted by molar-refractivity contribution is 0.332. The Balaban J connectivity index is 2.93. The van der Waals surface area contributed by atoms with Crippen molar-refractivity contribution in [3.63, 3.8) is 0 Å². The van der Waals surface area contributed by atoms with Gasteiger partial charge in [0, 0.05) is 16.1 Å². The first-order valence-electron chi connectivity index (χ1n) is 5.34. The summed E-state index contributed by atoms with van der Waals surface area (Å²) in [7, 11) is 0. The number of hydrogen-bond donors (Lipinski definition) is 1. The summed E-state index contributed by atoms with van der Waals surface area (Å²) < 4.78 is 6.67. The standard InChI is InChI=1S/C12H18BrNO/c1-4-14-9(3)11-7-6-10(13)8-12(11)15-5-2/h6-9,14H,4-5H2,1-3H3. The van der Waals surface area contributed by atoms with Crippen molar-refractivity contribution in [3.05, 3.63) is 28.2 Å². The van der Waals surface area contributed by atoms with Crippen molar-refractivity contribution in [2.24, 2.45) is 0 Å². The summed E-state index contributed by atoms with van der Waals surface area (Å²) in [5, 5.41) is 3.38. The van der Waals surface area contributed by atoms with E-state index < -0.39 is 0 Å². The molecule has 0 radical (unpaired) electrons. The van der Waals surface area contributed by atoms with Gasteiger partial charge in [0.15, 0.2) is 0 Å². The predicted molar refractivity (Wildman–Crippen MR) is 67.4 cm³/mol. The Morgan fingerprint density at radius 1 is 1.40 bits per heavy atom. The van der Waals surface area contributed by atoms with E-state index in [4.69, 9.17) is 4.74 Å². The number of benzene rings is 1. The molecule has 0 aliphatic heterocycles. The molecule has 0 aromatic heterocycles. The van der Waals surface area contributed by atoms with Gasteiger partial charge in [-0.25, -0.2) is 0 Å². The summed E-state index contributed by atoms with van der Waals surface area (Å²) >= 11 is 3.45. The van der Waals surface area contributed by atoms with Crippen LogP contribution in [-0.2, 0) is 0 Å². The fourth-order valence-corrected chi connectivity index (χ4v) is 1.90. The number of halogens is 1. The quantitative estimate of drug-likeness (QED) is 0.885. The molecule has 2 nitrogen and oxygen atoms in total. The zero-order valence-electron chi connectivity index (χ0n) is 9.51. The number of rotatable bonds is 5. The Morgan fingerprint density at radius 2 is 2.13 bits per heavy atom. The predicted octanol–water partition coefficient (Wildman–Crippen LogP) is 3.52. The Labute approximate surface area is 100 Å². The highest BCUT2D eigenvalue weighted by molar-refractivity contribution is 9.10. The first kappa shape index (κ1) is 12.5. The molecule has 0 fully saturated rings. The van der Waals surface area contributed by atoms with Crippen LogP contribution in [-0.4, -0.2) is 13.2 Å². The van der Waals surface area contributed by atoms with Gasteiger partial charge in [0.1, 0.15) is 5.75 Å². The van der Waals surface area contributed by atoms with Crippen molar-refractivity contribution in [1.82, 2.24) is 5.32 Å². The number of ether oxygens (including phenoxy) is 1. The van der Waals surface area contributed by atoms with Crippen LogP contribution in [0.2, 0.25) is 0 Å². The molecule has 1 N–H and O–H groups in total. The zero-order chi connectivity index (χ0) is 11.3. The third-order valence-electron chi connectivity index (χ3n) is 2.25. The highest BCUT2D eigenvalue weighted by Gasteiger charge is 2.10. The fourth-order valence-electron chi connectivity index (χ4n) is 1.56. The van der Waals surface area contributed by atoms with E-state index in [1.54, 1.807) is 0 Å². The van der Waals surface area contributed by atoms with Crippen molar-refractivity contribution >= 4 is 15.9 Å². The van der Waals surface area contributed by atoms with Crippen LogP contribution in [0.5, 0.6) is 5.75 Å². The third kappa shape index (κ3) is 3.50. The largest absolute Gasteiger partial charge is 0.493 e. The first-order valence-corrected chi connectivity index (χ1v) is 6.14. The Morgan fingerprint density at radius 3 is 2.73 bits per heavy atom. The van der Waals surface area contributed by atoms with E-state index in [0.717, 1.165) is 16.8 Å². The SMILES string of the molecule is CCNC(C)c1ccc(Br)cc1OCC. The molecule has 0 saturated carbocycles. The molecule has 15 heavy (non-hydrogen) atoms. The minimum absolute atomic E-state index is 0.324. The van der Waals surface area contributed by atoms with Gasteiger partial charge in [0.2, 0.25) is 0 Å². The molecule has 0 amide bonds. The summed E-state index contributed by atoms with van der Waals surface area (Å²) in [5.41, 5.74) is 1.21.